The Bertz CT molecular complexity index is 1830. The van der Waals surface area contributed by atoms with Crippen molar-refractivity contribution in [2.24, 2.45) is 0 Å². The Balaban J connectivity index is 0.000000220. The zero-order valence-electron chi connectivity index (χ0n) is 25.6. The van der Waals surface area contributed by atoms with Crippen molar-refractivity contribution in [2.75, 3.05) is 31.1 Å². The van der Waals surface area contributed by atoms with Crippen LogP contribution in [0.3, 0.4) is 0 Å². The van der Waals surface area contributed by atoms with E-state index in [4.69, 9.17) is 0 Å². The molecule has 1 saturated heterocycles. The minimum Gasteiger partial charge on any atom is -0.352 e. The Kier molecular flexibility index (Phi) is 9.45. The molecule has 7 rings (SSSR count). The van der Waals surface area contributed by atoms with Crippen LogP contribution in [0, 0.1) is 0 Å². The smallest absolute Gasteiger partial charge is 0.222 e. The van der Waals surface area contributed by atoms with Gasteiger partial charge in [0.15, 0.2) is 0 Å². The minimum absolute atomic E-state index is 0.237. The van der Waals surface area contributed by atoms with E-state index < -0.39 is 0 Å². The largest absolute Gasteiger partial charge is 0.352 e. The van der Waals surface area contributed by atoms with Crippen molar-refractivity contribution >= 4 is 55.3 Å². The molecule has 1 amide bonds. The molecular weight excluding hydrogens is 568 g/mol. The van der Waals surface area contributed by atoms with Crippen LogP contribution in [-0.2, 0) is 24.3 Å². The van der Waals surface area contributed by atoms with Gasteiger partial charge in [0.05, 0.1) is 40.1 Å². The average Bonchev–Trinajstić information content (AvgIpc) is 3.81. The number of imidazole rings is 2. The van der Waals surface area contributed by atoms with E-state index in [9.17, 15) is 4.79 Å². The fourth-order valence-electron chi connectivity index (χ4n) is 5.75. The quantitative estimate of drug-likeness (QED) is 0.185. The van der Waals surface area contributed by atoms with Gasteiger partial charge in [-0.15, -0.1) is 11.3 Å². The van der Waals surface area contributed by atoms with Crippen molar-refractivity contribution in [1.82, 2.24) is 34.0 Å². The van der Waals surface area contributed by atoms with Gasteiger partial charge in [-0.25, -0.2) is 19.9 Å². The lowest BCUT2D eigenvalue weighted by molar-refractivity contribution is -0.131. The Morgan fingerprint density at radius 2 is 1.43 bits per heavy atom. The Morgan fingerprint density at radius 1 is 0.795 bits per heavy atom. The highest BCUT2D eigenvalue weighted by atomic mass is 32.1. The summed E-state index contributed by atoms with van der Waals surface area (Å²) in [6.45, 7) is 9.35. The highest BCUT2D eigenvalue weighted by Crippen LogP contribution is 2.31. The molecule has 44 heavy (non-hydrogen) atoms. The summed E-state index contributed by atoms with van der Waals surface area (Å²) in [4.78, 5) is 37.2. The van der Waals surface area contributed by atoms with Gasteiger partial charge in [0.2, 0.25) is 5.91 Å². The van der Waals surface area contributed by atoms with Crippen LogP contribution in [-0.4, -0.2) is 66.1 Å². The predicted molar refractivity (Wildman–Crippen MR) is 179 cm³/mol. The summed E-state index contributed by atoms with van der Waals surface area (Å²) in [5.41, 5.74) is 4.47. The second-order valence-corrected chi connectivity index (χ2v) is 12.3. The Hall–Kier alpha value is -4.31. The number of carbonyl (C=O) groups excluding carboxylic acids is 1. The van der Waals surface area contributed by atoms with Crippen molar-refractivity contribution in [3.05, 3.63) is 78.5 Å². The van der Waals surface area contributed by atoms with Gasteiger partial charge in [0.1, 0.15) is 17.0 Å². The minimum atomic E-state index is 0.237. The molecule has 0 saturated carbocycles. The van der Waals surface area contributed by atoms with Crippen LogP contribution in [0.15, 0.2) is 73.6 Å². The van der Waals surface area contributed by atoms with E-state index in [1.165, 1.54) is 23.2 Å². The number of anilines is 1. The lowest BCUT2D eigenvalue weighted by Gasteiger charge is -2.35. The van der Waals surface area contributed by atoms with Crippen LogP contribution >= 0.6 is 11.3 Å². The third-order valence-corrected chi connectivity index (χ3v) is 9.42. The summed E-state index contributed by atoms with van der Waals surface area (Å²) >= 11 is 1.74. The summed E-state index contributed by atoms with van der Waals surface area (Å²) in [5.74, 6) is 1.24. The molecule has 6 aromatic rings. The first-order valence-electron chi connectivity index (χ1n) is 15.7. The third-order valence-electron chi connectivity index (χ3n) is 8.24. The molecule has 0 aliphatic carbocycles. The number of fused-ring (bicyclic) bond motifs is 3. The van der Waals surface area contributed by atoms with Gasteiger partial charge in [-0.1, -0.05) is 44.5 Å². The molecule has 0 radical (unpaired) electrons. The maximum atomic E-state index is 12.7. The normalized spacial score (nSPS) is 13.5. The van der Waals surface area contributed by atoms with Gasteiger partial charge >= 0.3 is 0 Å². The lowest BCUT2D eigenvalue weighted by atomic mass is 10.2. The zero-order valence-corrected chi connectivity index (χ0v) is 26.4. The van der Waals surface area contributed by atoms with Crippen LogP contribution in [0.5, 0.6) is 0 Å². The second-order valence-electron chi connectivity index (χ2n) is 11.2. The van der Waals surface area contributed by atoms with E-state index >= 15 is 0 Å². The number of carbonyl (C=O) groups is 1. The first-order valence-corrected chi connectivity index (χ1v) is 16.5. The third kappa shape index (κ3) is 6.60. The van der Waals surface area contributed by atoms with Gasteiger partial charge in [-0.3, -0.25) is 4.79 Å². The molecule has 0 unspecified atom stereocenters. The molecule has 228 valence electrons. The number of hydrogen-bond acceptors (Lipinski definition) is 7. The van der Waals surface area contributed by atoms with Crippen LogP contribution in [0.1, 0.15) is 44.4 Å². The molecule has 9 nitrogen and oxygen atoms in total. The van der Waals surface area contributed by atoms with Crippen LogP contribution in [0.4, 0.5) is 5.82 Å². The standard InChI is InChI=1S/C23H26N6OS.C11H14N2/c1-2-17-14-18-22(24-15-25-23(18)31-17)28-12-10-27(11-13-28)21(30)8-5-9-29-16-26-19-6-3-4-7-20(19)29;1-2-3-8-13-9-12-10-6-4-5-7-11(10)13/h3-4,6-7,14-16H,2,5,8-13H2,1H3;4-7,9H,2-3,8H2,1H3. The molecule has 2 aromatic carbocycles. The number of aryl methyl sites for hydroxylation is 3. The molecule has 1 aliphatic rings. The molecule has 5 heterocycles. The number of rotatable bonds is 9. The molecule has 1 fully saturated rings. The Morgan fingerprint density at radius 3 is 2.07 bits per heavy atom. The van der Waals surface area contributed by atoms with E-state index in [0.29, 0.717) is 6.42 Å². The van der Waals surface area contributed by atoms with Crippen LogP contribution in [0.2, 0.25) is 0 Å². The van der Waals surface area contributed by atoms with Gasteiger partial charge in [0, 0.05) is 50.6 Å². The average molecular weight is 609 g/mol. The number of piperazine rings is 1. The van der Waals surface area contributed by atoms with Crippen LogP contribution < -0.4 is 4.90 Å². The number of unbranched alkanes of at least 4 members (excludes halogenated alkanes) is 1. The van der Waals surface area contributed by atoms with E-state index in [1.54, 1.807) is 17.7 Å². The monoisotopic (exact) mass is 608 g/mol. The molecular formula is C34H40N8OS. The highest BCUT2D eigenvalue weighted by molar-refractivity contribution is 7.18. The maximum absolute atomic E-state index is 12.7. The lowest BCUT2D eigenvalue weighted by Crippen LogP contribution is -2.49. The highest BCUT2D eigenvalue weighted by Gasteiger charge is 2.23. The Labute approximate surface area is 262 Å². The number of thiophene rings is 1. The number of hydrogen-bond donors (Lipinski definition) is 0. The number of para-hydroxylation sites is 4. The zero-order chi connectivity index (χ0) is 30.3. The van der Waals surface area contributed by atoms with Gasteiger partial charge in [0.25, 0.3) is 0 Å². The summed E-state index contributed by atoms with van der Waals surface area (Å²) in [6, 6.07) is 18.6. The van der Waals surface area contributed by atoms with E-state index in [0.717, 1.165) is 84.7 Å². The fourth-order valence-corrected chi connectivity index (χ4v) is 6.68. The first-order chi connectivity index (χ1) is 21.6. The molecule has 0 spiro atoms. The SMILES string of the molecule is CCCCn1cnc2ccccc21.CCc1cc2c(N3CCN(C(=O)CCCn4cnc5ccccc54)CC3)ncnc2s1. The number of nitrogens with zero attached hydrogens (tertiary/aromatic N) is 8. The van der Waals surface area contributed by atoms with E-state index in [2.05, 4.69) is 78.1 Å². The van der Waals surface area contributed by atoms with Crippen molar-refractivity contribution in [3.8, 4) is 0 Å². The molecule has 0 atom stereocenters. The van der Waals surface area contributed by atoms with Crippen molar-refractivity contribution in [3.63, 3.8) is 0 Å². The molecule has 0 N–H and O–H groups in total. The van der Waals surface area contributed by atoms with Gasteiger partial charge < -0.3 is 18.9 Å². The topological polar surface area (TPSA) is 85.0 Å². The van der Waals surface area contributed by atoms with Crippen molar-refractivity contribution in [1.29, 1.82) is 0 Å². The number of aromatic nitrogens is 6. The van der Waals surface area contributed by atoms with Crippen molar-refractivity contribution < 1.29 is 4.79 Å². The van der Waals surface area contributed by atoms with Gasteiger partial charge in [-0.2, -0.15) is 0 Å². The fraction of sp³-hybridized carbons (Fsp3) is 0.382. The second kappa shape index (κ2) is 14.0. The number of benzene rings is 2. The molecule has 4 aromatic heterocycles. The first kappa shape index (κ1) is 29.7. The molecule has 10 heteroatoms. The summed E-state index contributed by atoms with van der Waals surface area (Å²) in [7, 11) is 0. The number of amides is 1. The molecule has 0 bridgehead atoms. The summed E-state index contributed by atoms with van der Waals surface area (Å²) in [6.07, 6.45) is 10.3. The predicted octanol–water partition coefficient (Wildman–Crippen LogP) is 6.57. The summed E-state index contributed by atoms with van der Waals surface area (Å²) < 4.78 is 4.35. The van der Waals surface area contributed by atoms with Crippen LogP contribution in [0.25, 0.3) is 32.3 Å². The maximum Gasteiger partial charge on any atom is 0.222 e. The molecule has 1 aliphatic heterocycles. The summed E-state index contributed by atoms with van der Waals surface area (Å²) in [5, 5.41) is 1.14. The van der Waals surface area contributed by atoms with E-state index in [1.807, 2.05) is 41.8 Å². The van der Waals surface area contributed by atoms with E-state index in [-0.39, 0.29) is 5.91 Å². The van der Waals surface area contributed by atoms with Gasteiger partial charge in [-0.05, 0) is 49.6 Å². The van der Waals surface area contributed by atoms with Crippen molar-refractivity contribution in [2.45, 2.75) is 59.0 Å².